The number of benzene rings is 1. The molecule has 1 amide bonds. The summed E-state index contributed by atoms with van der Waals surface area (Å²) in [6.45, 7) is 0.107. The minimum absolute atomic E-state index is 0.0263. The molecule has 0 heterocycles. The topological polar surface area (TPSA) is 136 Å². The lowest BCUT2D eigenvalue weighted by atomic mass is 10.2. The van der Waals surface area contributed by atoms with Crippen molar-refractivity contribution in [2.24, 2.45) is 0 Å². The van der Waals surface area contributed by atoms with Crippen LogP contribution in [0.5, 0.6) is 17.2 Å². The molecule has 0 unspecified atom stereocenters. The van der Waals surface area contributed by atoms with E-state index in [-0.39, 0.29) is 25.1 Å². The lowest BCUT2D eigenvalue weighted by molar-refractivity contribution is 0.0500. The second-order valence-corrected chi connectivity index (χ2v) is 3.58. The third-order valence-electron chi connectivity index (χ3n) is 2.14. The van der Waals surface area contributed by atoms with Crippen LogP contribution in [0.25, 0.3) is 0 Å². The number of hydrogen-bond donors (Lipinski definition) is 5. The van der Waals surface area contributed by atoms with Crippen molar-refractivity contribution in [1.29, 1.82) is 0 Å². The maximum Gasteiger partial charge on any atom is 0.404 e. The van der Waals surface area contributed by atoms with Gasteiger partial charge in [0.2, 0.25) is 0 Å². The van der Waals surface area contributed by atoms with Crippen molar-refractivity contribution in [2.75, 3.05) is 13.2 Å². The molecule has 0 atom stereocenters. The van der Waals surface area contributed by atoms with Crippen molar-refractivity contribution >= 4 is 12.1 Å². The van der Waals surface area contributed by atoms with E-state index in [1.165, 1.54) is 0 Å². The van der Waals surface area contributed by atoms with Gasteiger partial charge in [-0.2, -0.15) is 0 Å². The molecule has 0 saturated carbocycles. The number of carboxylic acid groups (broad SMARTS) is 1. The van der Waals surface area contributed by atoms with Gasteiger partial charge in [-0.25, -0.2) is 9.59 Å². The van der Waals surface area contributed by atoms with Crippen molar-refractivity contribution in [2.45, 2.75) is 6.42 Å². The van der Waals surface area contributed by atoms with E-state index in [0.29, 0.717) is 0 Å². The number of aromatic hydroxyl groups is 3. The molecule has 0 aliphatic carbocycles. The van der Waals surface area contributed by atoms with Gasteiger partial charge in [0.15, 0.2) is 17.2 Å². The molecule has 1 aromatic carbocycles. The van der Waals surface area contributed by atoms with Gasteiger partial charge in [0, 0.05) is 6.54 Å². The van der Waals surface area contributed by atoms with Crippen LogP contribution in [-0.4, -0.2) is 45.6 Å². The van der Waals surface area contributed by atoms with Crippen LogP contribution in [0.1, 0.15) is 16.8 Å². The smallest absolute Gasteiger partial charge is 0.404 e. The molecule has 1 aromatic rings. The minimum atomic E-state index is -1.17. The molecule has 19 heavy (non-hydrogen) atoms. The first-order valence-electron chi connectivity index (χ1n) is 5.30. The molecule has 1 rings (SSSR count). The number of ether oxygens (including phenoxy) is 1. The highest BCUT2D eigenvalue weighted by Gasteiger charge is 2.14. The monoisotopic (exact) mass is 271 g/mol. The van der Waals surface area contributed by atoms with Gasteiger partial charge >= 0.3 is 12.1 Å². The predicted molar refractivity (Wildman–Crippen MR) is 62.4 cm³/mol. The van der Waals surface area contributed by atoms with E-state index in [0.717, 1.165) is 12.1 Å². The fourth-order valence-corrected chi connectivity index (χ4v) is 1.24. The fourth-order valence-electron chi connectivity index (χ4n) is 1.24. The molecule has 0 aliphatic heterocycles. The Morgan fingerprint density at radius 1 is 1.16 bits per heavy atom. The Bertz CT molecular complexity index is 463. The van der Waals surface area contributed by atoms with E-state index in [9.17, 15) is 19.8 Å². The number of carbonyl (C=O) groups excluding carboxylic acids is 1. The number of amides is 1. The summed E-state index contributed by atoms with van der Waals surface area (Å²) in [4.78, 5) is 21.6. The third kappa shape index (κ3) is 4.26. The first-order chi connectivity index (χ1) is 8.91. The van der Waals surface area contributed by atoms with Crippen LogP contribution < -0.4 is 5.32 Å². The first-order valence-corrected chi connectivity index (χ1v) is 5.30. The maximum atomic E-state index is 11.5. The third-order valence-corrected chi connectivity index (χ3v) is 2.14. The second kappa shape index (κ2) is 6.34. The minimum Gasteiger partial charge on any atom is -0.504 e. The number of phenols is 3. The Morgan fingerprint density at radius 2 is 1.74 bits per heavy atom. The Morgan fingerprint density at radius 3 is 2.26 bits per heavy atom. The van der Waals surface area contributed by atoms with Gasteiger partial charge in [0.1, 0.15) is 0 Å². The summed E-state index contributed by atoms with van der Waals surface area (Å²) in [5, 5.41) is 37.9. The number of phenolic OH excluding ortho intramolecular Hbond substituents is 3. The van der Waals surface area contributed by atoms with Crippen LogP contribution in [0.3, 0.4) is 0 Å². The van der Waals surface area contributed by atoms with E-state index in [4.69, 9.17) is 14.9 Å². The molecule has 0 saturated heterocycles. The van der Waals surface area contributed by atoms with Gasteiger partial charge in [-0.3, -0.25) is 0 Å². The Kier molecular flexibility index (Phi) is 4.81. The number of carbonyl (C=O) groups is 2. The zero-order chi connectivity index (χ0) is 14.4. The molecule has 0 bridgehead atoms. The van der Waals surface area contributed by atoms with Crippen molar-refractivity contribution < 1.29 is 34.8 Å². The molecule has 8 nitrogen and oxygen atoms in total. The van der Waals surface area contributed by atoms with E-state index in [1.807, 2.05) is 0 Å². The van der Waals surface area contributed by atoms with Gasteiger partial charge in [0.25, 0.3) is 0 Å². The average molecular weight is 271 g/mol. The van der Waals surface area contributed by atoms with Gasteiger partial charge in [-0.15, -0.1) is 0 Å². The number of hydrogen-bond acceptors (Lipinski definition) is 6. The zero-order valence-corrected chi connectivity index (χ0v) is 9.79. The molecule has 0 fully saturated rings. The van der Waals surface area contributed by atoms with Gasteiger partial charge in [-0.05, 0) is 18.6 Å². The van der Waals surface area contributed by atoms with Crippen molar-refractivity contribution in [3.8, 4) is 17.2 Å². The van der Waals surface area contributed by atoms with Crippen LogP contribution in [0.2, 0.25) is 0 Å². The van der Waals surface area contributed by atoms with Gasteiger partial charge in [0.05, 0.1) is 12.2 Å². The Labute approximate surface area is 107 Å². The van der Waals surface area contributed by atoms with Gasteiger partial charge in [-0.1, -0.05) is 0 Å². The highest BCUT2D eigenvalue weighted by molar-refractivity contribution is 5.91. The van der Waals surface area contributed by atoms with Crippen molar-refractivity contribution in [1.82, 2.24) is 5.32 Å². The quantitative estimate of drug-likeness (QED) is 0.301. The van der Waals surface area contributed by atoms with Gasteiger partial charge < -0.3 is 30.5 Å². The average Bonchev–Trinajstić information content (AvgIpc) is 2.34. The van der Waals surface area contributed by atoms with E-state index >= 15 is 0 Å². The molecule has 5 N–H and O–H groups in total. The summed E-state index contributed by atoms with van der Waals surface area (Å²) in [6, 6.07) is 1.90. The maximum absolute atomic E-state index is 11.5. The lowest BCUT2D eigenvalue weighted by Gasteiger charge is -2.07. The van der Waals surface area contributed by atoms with Crippen LogP contribution in [0.15, 0.2) is 12.1 Å². The second-order valence-electron chi connectivity index (χ2n) is 3.58. The lowest BCUT2D eigenvalue weighted by Crippen LogP contribution is -2.23. The molecular formula is C11H13NO7. The van der Waals surface area contributed by atoms with Crippen LogP contribution in [0.4, 0.5) is 4.79 Å². The molecule has 104 valence electrons. The zero-order valence-electron chi connectivity index (χ0n) is 9.79. The SMILES string of the molecule is O=C(O)NCCCOC(=O)c1cc(O)c(O)c(O)c1. The van der Waals surface area contributed by atoms with Crippen LogP contribution in [-0.2, 0) is 4.74 Å². The standard InChI is InChI=1S/C11H13NO7/c13-7-4-6(5-8(14)9(7)15)10(16)19-3-1-2-12-11(17)18/h4-5,12-15H,1-3H2,(H,17,18). The summed E-state index contributed by atoms with van der Waals surface area (Å²) < 4.78 is 4.78. The van der Waals surface area contributed by atoms with Crippen LogP contribution in [0, 0.1) is 0 Å². The molecule has 0 radical (unpaired) electrons. The largest absolute Gasteiger partial charge is 0.504 e. The number of nitrogens with one attached hydrogen (secondary N) is 1. The Balaban J connectivity index is 2.48. The number of rotatable bonds is 5. The van der Waals surface area contributed by atoms with Crippen molar-refractivity contribution in [3.63, 3.8) is 0 Å². The summed E-state index contributed by atoms with van der Waals surface area (Å²) in [5.74, 6) is -2.80. The highest BCUT2D eigenvalue weighted by atomic mass is 16.5. The molecule has 0 aromatic heterocycles. The first kappa shape index (κ1) is 14.4. The van der Waals surface area contributed by atoms with Crippen molar-refractivity contribution in [3.05, 3.63) is 17.7 Å². The normalized spacial score (nSPS) is 9.89. The Hall–Kier alpha value is -2.64. The molecular weight excluding hydrogens is 258 g/mol. The van der Waals surface area contributed by atoms with E-state index in [2.05, 4.69) is 5.32 Å². The molecule has 8 heteroatoms. The summed E-state index contributed by atoms with van der Waals surface area (Å²) in [6.07, 6.45) is -0.881. The summed E-state index contributed by atoms with van der Waals surface area (Å²) >= 11 is 0. The summed E-state index contributed by atoms with van der Waals surface area (Å²) in [5.41, 5.74) is -0.126. The summed E-state index contributed by atoms with van der Waals surface area (Å²) in [7, 11) is 0. The molecule has 0 aliphatic rings. The highest BCUT2D eigenvalue weighted by Crippen LogP contribution is 2.35. The van der Waals surface area contributed by atoms with Crippen LogP contribution >= 0.6 is 0 Å². The fraction of sp³-hybridized carbons (Fsp3) is 0.273. The van der Waals surface area contributed by atoms with E-state index in [1.54, 1.807) is 0 Å². The predicted octanol–water partition coefficient (Wildman–Crippen LogP) is 0.618. The van der Waals surface area contributed by atoms with E-state index < -0.39 is 29.3 Å². The number of esters is 1. The molecule has 0 spiro atoms.